The van der Waals surface area contributed by atoms with Gasteiger partial charge in [-0.2, -0.15) is 13.2 Å². The Kier molecular flexibility index (Phi) is 4.86. The number of rotatable bonds is 3. The number of benzene rings is 2. The number of cyclic esters (lactones) is 1. The van der Waals surface area contributed by atoms with E-state index in [1.165, 1.54) is 36.4 Å². The number of hydrogen-bond donors (Lipinski definition) is 0. The predicted molar refractivity (Wildman–Crippen MR) is 92.6 cm³/mol. The molecule has 1 aliphatic heterocycles. The van der Waals surface area contributed by atoms with Crippen LogP contribution in [0.3, 0.4) is 0 Å². The standard InChI is InChI=1S/C19H15F3O4S/c1-27(24,25)15-8-4-13(5-9-15)17(16-10-11-26-18(16)23)12-2-6-14(7-3-12)19(20,21)22/h2-9H,10-11H2,1H3. The Morgan fingerprint density at radius 2 is 1.48 bits per heavy atom. The minimum absolute atomic E-state index is 0.108. The second kappa shape index (κ2) is 6.84. The lowest BCUT2D eigenvalue weighted by atomic mass is 9.91. The molecular weight excluding hydrogens is 381 g/mol. The van der Waals surface area contributed by atoms with E-state index in [1.54, 1.807) is 0 Å². The molecule has 0 amide bonds. The van der Waals surface area contributed by atoms with Crippen LogP contribution in [0, 0.1) is 0 Å². The SMILES string of the molecule is CS(=O)(=O)c1ccc(C(=C2CCOC2=O)c2ccc(C(F)(F)F)cc2)cc1. The first-order valence-corrected chi connectivity index (χ1v) is 9.85. The van der Waals surface area contributed by atoms with E-state index in [2.05, 4.69) is 0 Å². The molecule has 2 aromatic carbocycles. The molecule has 0 saturated carbocycles. The molecule has 3 rings (SSSR count). The van der Waals surface area contributed by atoms with Crippen LogP contribution in [0.4, 0.5) is 13.2 Å². The largest absolute Gasteiger partial charge is 0.462 e. The van der Waals surface area contributed by atoms with Crippen molar-refractivity contribution in [3.8, 4) is 0 Å². The third-order valence-corrected chi connectivity index (χ3v) is 5.33. The zero-order valence-corrected chi connectivity index (χ0v) is 15.0. The van der Waals surface area contributed by atoms with Gasteiger partial charge in [-0.05, 0) is 41.0 Å². The molecule has 27 heavy (non-hydrogen) atoms. The molecule has 1 fully saturated rings. The van der Waals surface area contributed by atoms with Crippen molar-refractivity contribution in [1.29, 1.82) is 0 Å². The molecule has 0 aliphatic carbocycles. The average Bonchev–Trinajstić information content (AvgIpc) is 3.00. The molecule has 0 spiro atoms. The molecule has 0 atom stereocenters. The van der Waals surface area contributed by atoms with Gasteiger partial charge in [0, 0.05) is 18.2 Å². The van der Waals surface area contributed by atoms with Gasteiger partial charge in [-0.3, -0.25) is 0 Å². The molecule has 0 aromatic heterocycles. The average molecular weight is 396 g/mol. The molecule has 0 bridgehead atoms. The summed E-state index contributed by atoms with van der Waals surface area (Å²) in [5.74, 6) is -0.530. The van der Waals surface area contributed by atoms with Crippen LogP contribution >= 0.6 is 0 Å². The molecule has 0 unspecified atom stereocenters. The second-order valence-electron chi connectivity index (χ2n) is 6.11. The lowest BCUT2D eigenvalue weighted by molar-refractivity contribution is -0.137. The summed E-state index contributed by atoms with van der Waals surface area (Å²) >= 11 is 0. The molecule has 142 valence electrons. The summed E-state index contributed by atoms with van der Waals surface area (Å²) in [6.07, 6.45) is -3.07. The van der Waals surface area contributed by atoms with Crippen LogP contribution in [-0.2, 0) is 25.5 Å². The van der Waals surface area contributed by atoms with E-state index in [0.717, 1.165) is 18.4 Å². The smallest absolute Gasteiger partial charge is 0.416 e. The summed E-state index contributed by atoms with van der Waals surface area (Å²) in [5.41, 5.74) is 0.935. The van der Waals surface area contributed by atoms with E-state index in [4.69, 9.17) is 4.74 Å². The Labute approximate surface area is 154 Å². The lowest BCUT2D eigenvalue weighted by Crippen LogP contribution is -2.05. The van der Waals surface area contributed by atoms with Gasteiger partial charge in [0.25, 0.3) is 0 Å². The maximum absolute atomic E-state index is 12.8. The number of carbonyl (C=O) groups is 1. The van der Waals surface area contributed by atoms with Gasteiger partial charge in [0.1, 0.15) is 0 Å². The zero-order chi connectivity index (χ0) is 19.8. The van der Waals surface area contributed by atoms with Gasteiger partial charge in [0.2, 0.25) is 0 Å². The van der Waals surface area contributed by atoms with Crippen molar-refractivity contribution in [3.05, 3.63) is 70.8 Å². The molecule has 0 N–H and O–H groups in total. The van der Waals surface area contributed by atoms with Crippen LogP contribution in [0.2, 0.25) is 0 Å². The van der Waals surface area contributed by atoms with Crippen LogP contribution in [0.15, 0.2) is 59.0 Å². The first kappa shape index (κ1) is 19.2. The molecule has 0 radical (unpaired) electrons. The minimum Gasteiger partial charge on any atom is -0.462 e. The Morgan fingerprint density at radius 3 is 1.89 bits per heavy atom. The van der Waals surface area contributed by atoms with Gasteiger partial charge in [-0.15, -0.1) is 0 Å². The van der Waals surface area contributed by atoms with Crippen molar-refractivity contribution in [1.82, 2.24) is 0 Å². The summed E-state index contributed by atoms with van der Waals surface area (Å²) in [7, 11) is -3.39. The maximum atomic E-state index is 12.8. The Morgan fingerprint density at radius 1 is 0.963 bits per heavy atom. The fraction of sp³-hybridized carbons (Fsp3) is 0.211. The molecule has 8 heteroatoms. The number of ether oxygens (including phenoxy) is 1. The van der Waals surface area contributed by atoms with Gasteiger partial charge in [0.05, 0.1) is 17.1 Å². The van der Waals surface area contributed by atoms with Crippen LogP contribution in [-0.4, -0.2) is 27.2 Å². The summed E-state index contributed by atoms with van der Waals surface area (Å²) in [5, 5.41) is 0. The fourth-order valence-electron chi connectivity index (χ4n) is 2.87. The zero-order valence-electron chi connectivity index (χ0n) is 14.2. The van der Waals surface area contributed by atoms with E-state index < -0.39 is 27.5 Å². The number of esters is 1. The topological polar surface area (TPSA) is 60.4 Å². The summed E-state index contributed by atoms with van der Waals surface area (Å²) in [6.45, 7) is 0.194. The predicted octanol–water partition coefficient (Wildman–Crippen LogP) is 3.86. The molecule has 4 nitrogen and oxygen atoms in total. The van der Waals surface area contributed by atoms with E-state index in [0.29, 0.717) is 28.7 Å². The molecular formula is C19H15F3O4S. The lowest BCUT2D eigenvalue weighted by Gasteiger charge is -2.13. The van der Waals surface area contributed by atoms with Crippen LogP contribution in [0.1, 0.15) is 23.1 Å². The number of halogens is 3. The normalized spacial score (nSPS) is 17.0. The van der Waals surface area contributed by atoms with Crippen molar-refractivity contribution in [3.63, 3.8) is 0 Å². The van der Waals surface area contributed by atoms with Gasteiger partial charge in [0.15, 0.2) is 9.84 Å². The fourth-order valence-corrected chi connectivity index (χ4v) is 3.50. The number of sulfone groups is 1. The van der Waals surface area contributed by atoms with Crippen LogP contribution < -0.4 is 0 Å². The van der Waals surface area contributed by atoms with E-state index in [9.17, 15) is 26.4 Å². The summed E-state index contributed by atoms with van der Waals surface area (Å²) in [6, 6.07) is 10.3. The van der Waals surface area contributed by atoms with Crippen molar-refractivity contribution < 1.29 is 31.1 Å². The number of carbonyl (C=O) groups excluding carboxylic acids is 1. The molecule has 1 heterocycles. The Balaban J connectivity index is 2.12. The third-order valence-electron chi connectivity index (χ3n) is 4.21. The first-order valence-electron chi connectivity index (χ1n) is 7.96. The molecule has 1 aliphatic rings. The van der Waals surface area contributed by atoms with Crippen molar-refractivity contribution in [2.45, 2.75) is 17.5 Å². The Bertz CT molecular complexity index is 1000. The van der Waals surface area contributed by atoms with Gasteiger partial charge >= 0.3 is 12.1 Å². The highest BCUT2D eigenvalue weighted by atomic mass is 32.2. The highest BCUT2D eigenvalue weighted by Gasteiger charge is 2.31. The van der Waals surface area contributed by atoms with E-state index in [-0.39, 0.29) is 11.5 Å². The van der Waals surface area contributed by atoms with Crippen LogP contribution in [0.5, 0.6) is 0 Å². The van der Waals surface area contributed by atoms with Crippen molar-refractivity contribution in [2.75, 3.05) is 12.9 Å². The van der Waals surface area contributed by atoms with Crippen molar-refractivity contribution >= 4 is 21.4 Å². The molecule has 2 aromatic rings. The van der Waals surface area contributed by atoms with E-state index in [1.807, 2.05) is 0 Å². The quantitative estimate of drug-likeness (QED) is 0.584. The second-order valence-corrected chi connectivity index (χ2v) is 8.13. The maximum Gasteiger partial charge on any atom is 0.416 e. The van der Waals surface area contributed by atoms with Gasteiger partial charge in [-0.1, -0.05) is 24.3 Å². The first-order chi connectivity index (χ1) is 12.6. The minimum atomic E-state index is -4.46. The number of alkyl halides is 3. The van der Waals surface area contributed by atoms with Gasteiger partial charge in [-0.25, -0.2) is 13.2 Å². The van der Waals surface area contributed by atoms with Gasteiger partial charge < -0.3 is 4.74 Å². The monoisotopic (exact) mass is 396 g/mol. The summed E-state index contributed by atoms with van der Waals surface area (Å²) < 4.78 is 66.7. The van der Waals surface area contributed by atoms with E-state index >= 15 is 0 Å². The highest BCUT2D eigenvalue weighted by Crippen LogP contribution is 2.35. The summed E-state index contributed by atoms with van der Waals surface area (Å²) in [4.78, 5) is 12.2. The third kappa shape index (κ3) is 4.05. The number of hydrogen-bond acceptors (Lipinski definition) is 4. The van der Waals surface area contributed by atoms with Crippen LogP contribution in [0.25, 0.3) is 5.57 Å². The molecule has 1 saturated heterocycles. The Hall–Kier alpha value is -2.61. The van der Waals surface area contributed by atoms with Crippen molar-refractivity contribution in [2.24, 2.45) is 0 Å². The highest BCUT2D eigenvalue weighted by molar-refractivity contribution is 7.90.